The molecule has 0 unspecified atom stereocenters. The van der Waals surface area contributed by atoms with Crippen LogP contribution in [-0.4, -0.2) is 23.9 Å². The Balaban J connectivity index is 2.16. The summed E-state index contributed by atoms with van der Waals surface area (Å²) in [6.07, 6.45) is 0.408. The number of hydrogen-bond acceptors (Lipinski definition) is 5. The Morgan fingerprint density at radius 3 is 2.23 bits per heavy atom. The number of nitrogens with zero attached hydrogens (tertiary/aromatic N) is 1. The van der Waals surface area contributed by atoms with Crippen LogP contribution >= 0.6 is 0 Å². The van der Waals surface area contributed by atoms with Crippen molar-refractivity contribution in [2.45, 2.75) is 72.4 Å². The first kappa shape index (κ1) is 23.0. The van der Waals surface area contributed by atoms with Gasteiger partial charge in [-0.2, -0.15) is 0 Å². The van der Waals surface area contributed by atoms with E-state index in [2.05, 4.69) is 33.1 Å². The van der Waals surface area contributed by atoms with Gasteiger partial charge in [-0.25, -0.2) is 5.01 Å². The number of anilines is 2. The van der Waals surface area contributed by atoms with Crippen LogP contribution in [0, 0.1) is 0 Å². The van der Waals surface area contributed by atoms with E-state index in [4.69, 9.17) is 4.74 Å². The van der Waals surface area contributed by atoms with Crippen LogP contribution in [-0.2, 0) is 4.74 Å². The maximum atomic E-state index is 13.4. The van der Waals surface area contributed by atoms with Gasteiger partial charge in [-0.15, -0.1) is 0 Å². The lowest BCUT2D eigenvalue weighted by atomic mass is 9.98. The molecule has 0 radical (unpaired) electrons. The first-order valence-corrected chi connectivity index (χ1v) is 11.2. The summed E-state index contributed by atoms with van der Waals surface area (Å²) < 4.78 is 6.00. The Labute approximate surface area is 185 Å². The third kappa shape index (κ3) is 4.11. The number of ketones is 2. The standard InChI is InChI=1S/C26H34N2O3/c1-8-24(29)20-12-10-18(16(3)4)14-22(20)27-28-23-15-19(17(5)6)11-13-21(23)25(30)26(28,7)31-9-2/h10-17,27H,8-9H2,1-7H3/t26-/m0/s1. The topological polar surface area (TPSA) is 58.6 Å². The van der Waals surface area contributed by atoms with Crippen molar-refractivity contribution in [3.05, 3.63) is 58.7 Å². The number of benzene rings is 2. The summed E-state index contributed by atoms with van der Waals surface area (Å²) >= 11 is 0. The van der Waals surface area contributed by atoms with E-state index in [0.29, 0.717) is 41.7 Å². The van der Waals surface area contributed by atoms with E-state index in [1.807, 2.05) is 50.2 Å². The molecule has 0 bridgehead atoms. The summed E-state index contributed by atoms with van der Waals surface area (Å²) in [7, 11) is 0. The number of carbonyl (C=O) groups is 2. The van der Waals surface area contributed by atoms with Crippen LogP contribution in [0.2, 0.25) is 0 Å². The fourth-order valence-electron chi connectivity index (χ4n) is 4.01. The van der Waals surface area contributed by atoms with Gasteiger partial charge in [0.15, 0.2) is 5.78 Å². The number of fused-ring (bicyclic) bond motifs is 1. The van der Waals surface area contributed by atoms with Crippen molar-refractivity contribution in [1.29, 1.82) is 0 Å². The minimum absolute atomic E-state index is 0.0533. The zero-order valence-corrected chi connectivity index (χ0v) is 19.7. The molecule has 1 atom stereocenters. The number of ether oxygens (including phenoxy) is 1. The van der Waals surface area contributed by atoms with Gasteiger partial charge in [0.25, 0.3) is 0 Å². The molecule has 2 aromatic rings. The van der Waals surface area contributed by atoms with Gasteiger partial charge in [-0.3, -0.25) is 15.0 Å². The molecule has 5 heteroatoms. The maximum Gasteiger partial charge on any atom is 0.220 e. The molecule has 2 aromatic carbocycles. The molecule has 166 valence electrons. The van der Waals surface area contributed by atoms with Crippen molar-refractivity contribution in [3.8, 4) is 0 Å². The normalized spacial score (nSPS) is 18.1. The summed E-state index contributed by atoms with van der Waals surface area (Å²) in [5.74, 6) is 0.598. The Hall–Kier alpha value is -2.66. The smallest absolute Gasteiger partial charge is 0.220 e. The van der Waals surface area contributed by atoms with Gasteiger partial charge in [0.05, 0.1) is 11.4 Å². The van der Waals surface area contributed by atoms with Gasteiger partial charge in [-0.05, 0) is 61.1 Å². The molecular weight excluding hydrogens is 388 g/mol. The van der Waals surface area contributed by atoms with Gasteiger partial charge in [0, 0.05) is 24.2 Å². The molecule has 0 aromatic heterocycles. The van der Waals surface area contributed by atoms with E-state index in [-0.39, 0.29) is 11.6 Å². The van der Waals surface area contributed by atoms with Crippen molar-refractivity contribution >= 4 is 22.9 Å². The van der Waals surface area contributed by atoms with E-state index in [1.165, 1.54) is 0 Å². The van der Waals surface area contributed by atoms with Crippen LogP contribution in [0.1, 0.15) is 98.6 Å². The van der Waals surface area contributed by atoms with Crippen LogP contribution < -0.4 is 10.4 Å². The molecule has 0 spiro atoms. The molecule has 0 amide bonds. The lowest BCUT2D eigenvalue weighted by Gasteiger charge is -2.36. The number of nitrogens with one attached hydrogen (secondary N) is 1. The average molecular weight is 423 g/mol. The molecular formula is C26H34N2O3. The molecule has 0 aliphatic carbocycles. The quantitative estimate of drug-likeness (QED) is 0.505. The predicted octanol–water partition coefficient (Wildman–Crippen LogP) is 6.31. The second-order valence-electron chi connectivity index (χ2n) is 8.86. The minimum atomic E-state index is -1.20. The maximum absolute atomic E-state index is 13.4. The highest BCUT2D eigenvalue weighted by Gasteiger charge is 2.49. The first-order valence-electron chi connectivity index (χ1n) is 11.2. The fraction of sp³-hybridized carbons (Fsp3) is 0.462. The van der Waals surface area contributed by atoms with E-state index < -0.39 is 5.72 Å². The second kappa shape index (κ2) is 8.83. The Kier molecular flexibility index (Phi) is 6.56. The summed E-state index contributed by atoms with van der Waals surface area (Å²) in [5, 5.41) is 1.80. The third-order valence-corrected chi connectivity index (χ3v) is 6.01. The Morgan fingerprint density at radius 2 is 1.65 bits per heavy atom. The highest BCUT2D eigenvalue weighted by molar-refractivity contribution is 6.13. The monoisotopic (exact) mass is 422 g/mol. The molecule has 1 heterocycles. The van der Waals surface area contributed by atoms with Crippen molar-refractivity contribution in [1.82, 2.24) is 0 Å². The van der Waals surface area contributed by atoms with Gasteiger partial charge < -0.3 is 4.74 Å². The van der Waals surface area contributed by atoms with Crippen LogP contribution in [0.5, 0.6) is 0 Å². The van der Waals surface area contributed by atoms with Crippen LogP contribution in [0.25, 0.3) is 0 Å². The van der Waals surface area contributed by atoms with E-state index in [9.17, 15) is 9.59 Å². The third-order valence-electron chi connectivity index (χ3n) is 6.01. The molecule has 1 N–H and O–H groups in total. The Morgan fingerprint density at radius 1 is 1.03 bits per heavy atom. The SMILES string of the molecule is CCO[C@@]1(C)C(=O)c2ccc(C(C)C)cc2N1Nc1cc(C(C)C)ccc1C(=O)CC. The lowest BCUT2D eigenvalue weighted by Crippen LogP contribution is -2.53. The second-order valence-corrected chi connectivity index (χ2v) is 8.86. The lowest BCUT2D eigenvalue weighted by molar-refractivity contribution is -0.00443. The van der Waals surface area contributed by atoms with Gasteiger partial charge in [0.1, 0.15) is 0 Å². The van der Waals surface area contributed by atoms with E-state index in [0.717, 1.165) is 16.8 Å². The van der Waals surface area contributed by atoms with Gasteiger partial charge >= 0.3 is 0 Å². The zero-order valence-electron chi connectivity index (χ0n) is 19.7. The predicted molar refractivity (Wildman–Crippen MR) is 126 cm³/mol. The number of carbonyl (C=O) groups excluding carboxylic acids is 2. The molecule has 1 aliphatic rings. The summed E-state index contributed by atoms with van der Waals surface area (Å²) in [4.78, 5) is 26.0. The van der Waals surface area contributed by atoms with Gasteiger partial charge in [0.2, 0.25) is 11.5 Å². The van der Waals surface area contributed by atoms with Crippen molar-refractivity contribution in [2.75, 3.05) is 17.0 Å². The molecule has 1 aliphatic heterocycles. The largest absolute Gasteiger partial charge is 0.347 e. The van der Waals surface area contributed by atoms with Crippen molar-refractivity contribution in [2.24, 2.45) is 0 Å². The first-order chi connectivity index (χ1) is 14.6. The fourth-order valence-corrected chi connectivity index (χ4v) is 4.01. The summed E-state index contributed by atoms with van der Waals surface area (Å²) in [5.41, 5.74) is 7.18. The highest BCUT2D eigenvalue weighted by atomic mass is 16.5. The number of hydrazine groups is 1. The molecule has 3 rings (SSSR count). The number of rotatable bonds is 8. The molecule has 31 heavy (non-hydrogen) atoms. The zero-order chi connectivity index (χ0) is 22.9. The van der Waals surface area contributed by atoms with E-state index in [1.54, 1.807) is 11.9 Å². The van der Waals surface area contributed by atoms with Crippen LogP contribution in [0.4, 0.5) is 11.4 Å². The molecule has 0 fully saturated rings. The van der Waals surface area contributed by atoms with Crippen LogP contribution in [0.3, 0.4) is 0 Å². The number of Topliss-reactive ketones (excluding diaryl/α,β-unsaturated/α-hetero) is 2. The molecule has 5 nitrogen and oxygen atoms in total. The minimum Gasteiger partial charge on any atom is -0.347 e. The number of hydrogen-bond donors (Lipinski definition) is 1. The van der Waals surface area contributed by atoms with Crippen molar-refractivity contribution in [3.63, 3.8) is 0 Å². The Bertz CT molecular complexity index is 996. The summed E-state index contributed by atoms with van der Waals surface area (Å²) in [6, 6.07) is 11.8. The summed E-state index contributed by atoms with van der Waals surface area (Å²) in [6.45, 7) is 14.4. The highest BCUT2D eigenvalue weighted by Crippen LogP contribution is 2.41. The van der Waals surface area contributed by atoms with Crippen LogP contribution in [0.15, 0.2) is 36.4 Å². The van der Waals surface area contributed by atoms with Crippen molar-refractivity contribution < 1.29 is 14.3 Å². The van der Waals surface area contributed by atoms with E-state index >= 15 is 0 Å². The molecule has 0 saturated carbocycles. The van der Waals surface area contributed by atoms with Gasteiger partial charge in [-0.1, -0.05) is 46.8 Å². The average Bonchev–Trinajstić information content (AvgIpc) is 2.94. The molecule has 0 saturated heterocycles.